The van der Waals surface area contributed by atoms with Crippen molar-refractivity contribution < 1.29 is 19.1 Å². The zero-order valence-corrected chi connectivity index (χ0v) is 26.1. The number of carbonyl (C=O) groups is 2. The van der Waals surface area contributed by atoms with Crippen LogP contribution >= 0.6 is 0 Å². The molecule has 0 unspecified atom stereocenters. The molecular formula is C37H36N6O4. The molecule has 0 aliphatic carbocycles. The van der Waals surface area contributed by atoms with E-state index in [0.29, 0.717) is 13.2 Å². The van der Waals surface area contributed by atoms with Crippen LogP contribution in [-0.2, 0) is 20.9 Å². The molecule has 2 N–H and O–H groups in total. The summed E-state index contributed by atoms with van der Waals surface area (Å²) in [5, 5.41) is 0. The zero-order chi connectivity index (χ0) is 31.7. The van der Waals surface area contributed by atoms with Crippen molar-refractivity contribution in [3.05, 3.63) is 95.1 Å². The molecule has 47 heavy (non-hydrogen) atoms. The summed E-state index contributed by atoms with van der Waals surface area (Å²) in [6, 6.07) is 21.4. The van der Waals surface area contributed by atoms with Gasteiger partial charge in [0, 0.05) is 30.8 Å². The van der Waals surface area contributed by atoms with Crippen LogP contribution in [0.1, 0.15) is 78.9 Å². The Morgan fingerprint density at radius 3 is 2.02 bits per heavy atom. The Labute approximate surface area is 272 Å². The lowest BCUT2D eigenvalue weighted by Gasteiger charge is -2.25. The van der Waals surface area contributed by atoms with Crippen molar-refractivity contribution in [3.63, 3.8) is 0 Å². The molecule has 10 nitrogen and oxygen atoms in total. The van der Waals surface area contributed by atoms with Gasteiger partial charge >= 0.3 is 6.09 Å². The number of carbonyl (C=O) groups excluding carboxylic acids is 2. The molecular weight excluding hydrogens is 592 g/mol. The fraction of sp³-hybridized carbons (Fsp3) is 0.351. The Balaban J connectivity index is 0.963. The standard InChI is InChI=1S/C37H36N6O4/c44-36(33-11-6-20-46-33)42-18-4-9-31(42)34-38-27-16-14-24(21-29(27)40-34)12-13-25-15-17-28-30(22-25)41-35(39-28)32-10-5-19-43(32)37(45)47-23-26-7-2-1-3-8-26/h1-3,7-8,14-17,21-22,31-33H,4-6,9-11,18-20,23H2,(H,38,40)(H,39,41)/t31-,32-,33+/m0/s1. The summed E-state index contributed by atoms with van der Waals surface area (Å²) < 4.78 is 11.3. The average molecular weight is 629 g/mol. The van der Waals surface area contributed by atoms with Gasteiger partial charge in [0.1, 0.15) is 24.4 Å². The lowest BCUT2D eigenvalue weighted by Crippen LogP contribution is -2.38. The molecule has 10 heteroatoms. The number of likely N-dealkylation sites (tertiary alicyclic amines) is 2. The Morgan fingerprint density at radius 1 is 0.787 bits per heavy atom. The van der Waals surface area contributed by atoms with Gasteiger partial charge in [-0.15, -0.1) is 0 Å². The minimum Gasteiger partial charge on any atom is -0.445 e. The summed E-state index contributed by atoms with van der Waals surface area (Å²) in [7, 11) is 0. The Hall–Kier alpha value is -5.14. The summed E-state index contributed by atoms with van der Waals surface area (Å²) in [6.07, 6.45) is 4.66. The molecule has 0 spiro atoms. The fourth-order valence-electron chi connectivity index (χ4n) is 7.02. The van der Waals surface area contributed by atoms with Crippen molar-refractivity contribution >= 4 is 34.1 Å². The molecule has 0 radical (unpaired) electrons. The van der Waals surface area contributed by atoms with Crippen molar-refractivity contribution in [1.29, 1.82) is 0 Å². The lowest BCUT2D eigenvalue weighted by molar-refractivity contribution is -0.142. The van der Waals surface area contributed by atoms with Gasteiger partial charge in [-0.3, -0.25) is 9.69 Å². The van der Waals surface area contributed by atoms with Gasteiger partial charge in [-0.2, -0.15) is 0 Å². The molecule has 8 rings (SSSR count). The molecule has 3 fully saturated rings. The minimum atomic E-state index is -0.322. The highest BCUT2D eigenvalue weighted by Gasteiger charge is 2.37. The number of nitrogens with zero attached hydrogens (tertiary/aromatic N) is 4. The number of imidazole rings is 2. The van der Waals surface area contributed by atoms with E-state index in [1.165, 1.54) is 0 Å². The van der Waals surface area contributed by atoms with E-state index in [9.17, 15) is 9.59 Å². The number of H-pyrrole nitrogens is 2. The van der Waals surface area contributed by atoms with Gasteiger partial charge in [0.15, 0.2) is 0 Å². The van der Waals surface area contributed by atoms with Gasteiger partial charge in [-0.1, -0.05) is 42.2 Å². The van der Waals surface area contributed by atoms with E-state index in [0.717, 1.165) is 95.5 Å². The van der Waals surface area contributed by atoms with E-state index in [1.807, 2.05) is 71.6 Å². The first-order valence-corrected chi connectivity index (χ1v) is 16.5. The van der Waals surface area contributed by atoms with Gasteiger partial charge in [0.2, 0.25) is 0 Å². The fourth-order valence-corrected chi connectivity index (χ4v) is 7.02. The number of hydrogen-bond donors (Lipinski definition) is 2. The van der Waals surface area contributed by atoms with Crippen LogP contribution in [0.2, 0.25) is 0 Å². The topological polar surface area (TPSA) is 116 Å². The number of amides is 2. The molecule has 3 aliphatic heterocycles. The lowest BCUT2D eigenvalue weighted by atomic mass is 10.1. The second-order valence-corrected chi connectivity index (χ2v) is 12.5. The number of hydrogen-bond acceptors (Lipinski definition) is 6. The maximum Gasteiger partial charge on any atom is 0.410 e. The Bertz CT molecular complexity index is 2000. The molecule has 0 bridgehead atoms. The molecule has 3 aliphatic rings. The number of aromatic nitrogens is 4. The normalized spacial score (nSPS) is 21.0. The summed E-state index contributed by atoms with van der Waals surface area (Å²) in [5.74, 6) is 8.24. The number of fused-ring (bicyclic) bond motifs is 2. The molecule has 3 aromatic carbocycles. The zero-order valence-electron chi connectivity index (χ0n) is 26.1. The van der Waals surface area contributed by atoms with E-state index >= 15 is 0 Å². The molecule has 3 saturated heterocycles. The highest BCUT2D eigenvalue weighted by molar-refractivity contribution is 5.82. The minimum absolute atomic E-state index is 0.0593. The van der Waals surface area contributed by atoms with E-state index in [4.69, 9.17) is 19.4 Å². The van der Waals surface area contributed by atoms with Crippen LogP contribution in [0.5, 0.6) is 0 Å². The van der Waals surface area contributed by atoms with Crippen LogP contribution in [0.25, 0.3) is 22.1 Å². The Kier molecular flexibility index (Phi) is 7.83. The summed E-state index contributed by atoms with van der Waals surface area (Å²) in [5.41, 5.74) is 6.16. The van der Waals surface area contributed by atoms with Crippen LogP contribution in [0.15, 0.2) is 66.7 Å². The third-order valence-corrected chi connectivity index (χ3v) is 9.42. The van der Waals surface area contributed by atoms with Crippen LogP contribution in [0, 0.1) is 11.8 Å². The van der Waals surface area contributed by atoms with Crippen LogP contribution in [0.4, 0.5) is 4.79 Å². The molecule has 2 amide bonds. The van der Waals surface area contributed by atoms with Crippen molar-refractivity contribution in [2.75, 3.05) is 19.7 Å². The third-order valence-electron chi connectivity index (χ3n) is 9.42. The molecule has 3 atom stereocenters. The summed E-state index contributed by atoms with van der Waals surface area (Å²) >= 11 is 0. The predicted molar refractivity (Wildman–Crippen MR) is 176 cm³/mol. The van der Waals surface area contributed by atoms with E-state index in [-0.39, 0.29) is 36.8 Å². The first-order valence-electron chi connectivity index (χ1n) is 16.5. The number of ether oxygens (including phenoxy) is 2. The first kappa shape index (κ1) is 29.3. The number of nitrogens with one attached hydrogen (secondary N) is 2. The second-order valence-electron chi connectivity index (χ2n) is 12.5. The smallest absolute Gasteiger partial charge is 0.410 e. The van der Waals surface area contributed by atoms with Crippen LogP contribution in [0.3, 0.4) is 0 Å². The van der Waals surface area contributed by atoms with E-state index in [2.05, 4.69) is 21.8 Å². The van der Waals surface area contributed by atoms with Crippen LogP contribution < -0.4 is 0 Å². The van der Waals surface area contributed by atoms with E-state index in [1.54, 1.807) is 4.90 Å². The van der Waals surface area contributed by atoms with Gasteiger partial charge in [0.25, 0.3) is 5.91 Å². The van der Waals surface area contributed by atoms with Gasteiger partial charge in [-0.25, -0.2) is 14.8 Å². The van der Waals surface area contributed by atoms with Gasteiger partial charge < -0.3 is 24.3 Å². The maximum atomic E-state index is 13.1. The number of rotatable bonds is 5. The largest absolute Gasteiger partial charge is 0.445 e. The highest BCUT2D eigenvalue weighted by Crippen LogP contribution is 2.34. The van der Waals surface area contributed by atoms with Crippen molar-refractivity contribution in [3.8, 4) is 11.8 Å². The molecule has 2 aromatic heterocycles. The molecule has 5 heterocycles. The quantitative estimate of drug-likeness (QED) is 0.226. The molecule has 5 aromatic rings. The third kappa shape index (κ3) is 5.95. The van der Waals surface area contributed by atoms with Crippen molar-refractivity contribution in [2.24, 2.45) is 0 Å². The SMILES string of the molecule is O=C(OCc1ccccc1)N1CCC[C@H]1c1nc2ccc(C#Cc3ccc4nc([C@@H]5CCCN5C(=O)[C@H]5CCCO5)[nH]c4c3)cc2[nH]1. The average Bonchev–Trinajstić information content (AvgIpc) is 3.94. The van der Waals surface area contributed by atoms with Crippen molar-refractivity contribution in [1.82, 2.24) is 29.7 Å². The first-order chi connectivity index (χ1) is 23.1. The van der Waals surface area contributed by atoms with Gasteiger partial charge in [0.05, 0.1) is 34.2 Å². The number of aromatic amines is 2. The summed E-state index contributed by atoms with van der Waals surface area (Å²) in [6.45, 7) is 2.28. The maximum absolute atomic E-state index is 13.1. The van der Waals surface area contributed by atoms with Gasteiger partial charge in [-0.05, 0) is 80.5 Å². The number of benzene rings is 3. The van der Waals surface area contributed by atoms with E-state index < -0.39 is 0 Å². The Morgan fingerprint density at radius 2 is 1.40 bits per heavy atom. The molecule has 238 valence electrons. The molecule has 0 saturated carbocycles. The van der Waals surface area contributed by atoms with Crippen molar-refractivity contribution in [2.45, 2.75) is 63.3 Å². The predicted octanol–water partition coefficient (Wildman–Crippen LogP) is 6.16. The monoisotopic (exact) mass is 628 g/mol. The second kappa shape index (κ2) is 12.6. The summed E-state index contributed by atoms with van der Waals surface area (Å²) in [4.78, 5) is 46.3. The highest BCUT2D eigenvalue weighted by atomic mass is 16.6. The van der Waals surface area contributed by atoms with Crippen LogP contribution in [-0.4, -0.2) is 67.5 Å².